The number of nitrogens with two attached hydrogens (primary N) is 1. The minimum absolute atomic E-state index is 0.456. The van der Waals surface area contributed by atoms with E-state index in [9.17, 15) is 4.79 Å². The molecule has 0 aliphatic rings. The quantitative estimate of drug-likeness (QED) is 0.641. The van der Waals surface area contributed by atoms with Crippen molar-refractivity contribution in [1.82, 2.24) is 9.97 Å². The maximum absolute atomic E-state index is 11.2. The number of carbonyl (C=O) groups excluding carboxylic acids is 1. The van der Waals surface area contributed by atoms with E-state index in [1.54, 1.807) is 30.5 Å². The molecule has 6 heteroatoms. The summed E-state index contributed by atoms with van der Waals surface area (Å²) in [5.74, 6) is 1.72. The average molecular weight is 348 g/mol. The summed E-state index contributed by atoms with van der Waals surface area (Å²) in [6.07, 6.45) is 1.77. The van der Waals surface area contributed by atoms with E-state index in [4.69, 9.17) is 10.5 Å². The van der Waals surface area contributed by atoms with Gasteiger partial charge in [-0.05, 0) is 31.2 Å². The molecule has 1 heterocycles. The summed E-state index contributed by atoms with van der Waals surface area (Å²) >= 11 is 0. The second kappa shape index (κ2) is 8.11. The first kappa shape index (κ1) is 17.4. The van der Waals surface area contributed by atoms with Crippen molar-refractivity contribution >= 4 is 11.7 Å². The lowest BCUT2D eigenvalue weighted by Crippen LogP contribution is -2.13. The van der Waals surface area contributed by atoms with Crippen molar-refractivity contribution in [1.29, 1.82) is 0 Å². The molecule has 6 nitrogen and oxygen atoms in total. The van der Waals surface area contributed by atoms with Crippen LogP contribution in [0.3, 0.4) is 0 Å². The number of hydrogen-bond donors (Lipinski definition) is 2. The number of hydrogen-bond acceptors (Lipinski definition) is 5. The zero-order valence-corrected chi connectivity index (χ0v) is 14.5. The molecule has 0 fully saturated rings. The molecular formula is C20H20N4O2. The molecule has 0 saturated heterocycles. The Morgan fingerprint density at radius 2 is 1.85 bits per heavy atom. The number of anilines is 1. The van der Waals surface area contributed by atoms with Crippen molar-refractivity contribution in [2.75, 3.05) is 18.5 Å². The number of amides is 1. The van der Waals surface area contributed by atoms with Crippen LogP contribution < -0.4 is 15.8 Å². The maximum Gasteiger partial charge on any atom is 0.248 e. The zero-order valence-electron chi connectivity index (χ0n) is 14.5. The number of aromatic nitrogens is 2. The number of rotatable bonds is 7. The molecular weight excluding hydrogens is 328 g/mol. The molecule has 0 aliphatic carbocycles. The lowest BCUT2D eigenvalue weighted by molar-refractivity contribution is 0.100. The molecule has 0 unspecified atom stereocenters. The molecule has 0 saturated carbocycles. The fourth-order valence-corrected chi connectivity index (χ4v) is 2.40. The number of para-hydroxylation sites is 1. The Kier molecular flexibility index (Phi) is 5.43. The molecule has 0 bridgehead atoms. The Labute approximate surface area is 152 Å². The number of primary amides is 1. The maximum atomic E-state index is 11.2. The third kappa shape index (κ3) is 4.36. The first-order valence-electron chi connectivity index (χ1n) is 8.29. The van der Waals surface area contributed by atoms with Crippen LogP contribution in [0.25, 0.3) is 11.4 Å². The van der Waals surface area contributed by atoms with Crippen molar-refractivity contribution in [2.24, 2.45) is 5.73 Å². The van der Waals surface area contributed by atoms with E-state index in [1.807, 2.05) is 37.3 Å². The van der Waals surface area contributed by atoms with E-state index < -0.39 is 5.91 Å². The molecule has 3 aromatic rings. The highest BCUT2D eigenvalue weighted by molar-refractivity contribution is 5.93. The van der Waals surface area contributed by atoms with Crippen LogP contribution in [0.15, 0.2) is 60.8 Å². The van der Waals surface area contributed by atoms with Crippen LogP contribution in [-0.2, 0) is 0 Å². The SMILES string of the molecule is Cc1cnc(-c2ccc(C(N)=O)cc2)nc1NCCOc1ccccc1. The highest BCUT2D eigenvalue weighted by Crippen LogP contribution is 2.19. The van der Waals surface area contributed by atoms with Crippen molar-refractivity contribution in [2.45, 2.75) is 6.92 Å². The van der Waals surface area contributed by atoms with Crippen molar-refractivity contribution < 1.29 is 9.53 Å². The first-order chi connectivity index (χ1) is 12.6. The first-order valence-corrected chi connectivity index (χ1v) is 8.29. The van der Waals surface area contributed by atoms with Crippen LogP contribution >= 0.6 is 0 Å². The molecule has 0 spiro atoms. The van der Waals surface area contributed by atoms with Gasteiger partial charge in [-0.2, -0.15) is 0 Å². The highest BCUT2D eigenvalue weighted by Gasteiger charge is 2.07. The number of carbonyl (C=O) groups is 1. The standard InChI is InChI=1S/C20H20N4O2/c1-14-13-23-20(16-9-7-15(8-10-16)18(21)25)24-19(14)22-11-12-26-17-5-3-2-4-6-17/h2-10,13H,11-12H2,1H3,(H2,21,25)(H,22,23,24). The molecule has 132 valence electrons. The van der Waals surface area contributed by atoms with E-state index in [2.05, 4.69) is 15.3 Å². The molecule has 1 amide bonds. The van der Waals surface area contributed by atoms with Crippen molar-refractivity contribution in [3.8, 4) is 17.1 Å². The number of ether oxygens (including phenoxy) is 1. The third-order valence-corrected chi connectivity index (χ3v) is 3.81. The van der Waals surface area contributed by atoms with Gasteiger partial charge in [0.2, 0.25) is 5.91 Å². The summed E-state index contributed by atoms with van der Waals surface area (Å²) in [5, 5.41) is 3.27. The molecule has 3 N–H and O–H groups in total. The van der Waals surface area contributed by atoms with Crippen LogP contribution in [0.5, 0.6) is 5.75 Å². The number of nitrogens with zero attached hydrogens (tertiary/aromatic N) is 2. The molecule has 0 aliphatic heterocycles. The second-order valence-corrected chi connectivity index (χ2v) is 5.76. The Bertz CT molecular complexity index is 880. The summed E-state index contributed by atoms with van der Waals surface area (Å²) in [5.41, 5.74) is 7.48. The lowest BCUT2D eigenvalue weighted by Gasteiger charge is -2.11. The molecule has 2 aromatic carbocycles. The highest BCUT2D eigenvalue weighted by atomic mass is 16.5. The topological polar surface area (TPSA) is 90.1 Å². The van der Waals surface area contributed by atoms with Crippen LogP contribution in [0.4, 0.5) is 5.82 Å². The van der Waals surface area contributed by atoms with Gasteiger partial charge in [0.15, 0.2) is 5.82 Å². The average Bonchev–Trinajstić information content (AvgIpc) is 2.67. The molecule has 0 atom stereocenters. The molecule has 0 radical (unpaired) electrons. The number of nitrogens with one attached hydrogen (secondary N) is 1. The van der Waals surface area contributed by atoms with Gasteiger partial charge >= 0.3 is 0 Å². The molecule has 1 aromatic heterocycles. The number of aryl methyl sites for hydroxylation is 1. The van der Waals surface area contributed by atoms with Crippen LogP contribution in [0, 0.1) is 6.92 Å². The van der Waals surface area contributed by atoms with E-state index in [-0.39, 0.29) is 0 Å². The van der Waals surface area contributed by atoms with Gasteiger partial charge in [-0.1, -0.05) is 30.3 Å². The lowest BCUT2D eigenvalue weighted by atomic mass is 10.1. The van der Waals surface area contributed by atoms with Gasteiger partial charge in [-0.25, -0.2) is 9.97 Å². The fourth-order valence-electron chi connectivity index (χ4n) is 2.40. The summed E-state index contributed by atoms with van der Waals surface area (Å²) < 4.78 is 5.67. The fraction of sp³-hybridized carbons (Fsp3) is 0.150. The van der Waals surface area contributed by atoms with E-state index in [0.29, 0.717) is 24.5 Å². The van der Waals surface area contributed by atoms with Crippen LogP contribution in [0.1, 0.15) is 15.9 Å². The third-order valence-electron chi connectivity index (χ3n) is 3.81. The summed E-state index contributed by atoms with van der Waals surface area (Å²) in [6, 6.07) is 16.6. The van der Waals surface area contributed by atoms with Crippen LogP contribution in [-0.4, -0.2) is 29.0 Å². The minimum Gasteiger partial charge on any atom is -0.492 e. The largest absolute Gasteiger partial charge is 0.492 e. The van der Waals surface area contributed by atoms with Gasteiger partial charge in [0.1, 0.15) is 18.2 Å². The molecule has 3 rings (SSSR count). The number of benzene rings is 2. The normalized spacial score (nSPS) is 10.3. The Morgan fingerprint density at radius 3 is 2.54 bits per heavy atom. The Morgan fingerprint density at radius 1 is 1.12 bits per heavy atom. The van der Waals surface area contributed by atoms with Crippen LogP contribution in [0.2, 0.25) is 0 Å². The van der Waals surface area contributed by atoms with Gasteiger partial charge < -0.3 is 15.8 Å². The molecule has 26 heavy (non-hydrogen) atoms. The van der Waals surface area contributed by atoms with Crippen molar-refractivity contribution in [3.05, 3.63) is 71.9 Å². The Balaban J connectivity index is 1.64. The van der Waals surface area contributed by atoms with Gasteiger partial charge in [0, 0.05) is 22.9 Å². The van der Waals surface area contributed by atoms with Gasteiger partial charge in [-0.15, -0.1) is 0 Å². The predicted molar refractivity (Wildman–Crippen MR) is 101 cm³/mol. The zero-order chi connectivity index (χ0) is 18.4. The van der Waals surface area contributed by atoms with Gasteiger partial charge in [-0.3, -0.25) is 4.79 Å². The Hall–Kier alpha value is -3.41. The van der Waals surface area contributed by atoms with Crippen molar-refractivity contribution in [3.63, 3.8) is 0 Å². The predicted octanol–water partition coefficient (Wildman–Crippen LogP) is 3.04. The van der Waals surface area contributed by atoms with E-state index in [1.165, 1.54) is 0 Å². The second-order valence-electron chi connectivity index (χ2n) is 5.76. The van der Waals surface area contributed by atoms with Gasteiger partial charge in [0.25, 0.3) is 0 Å². The smallest absolute Gasteiger partial charge is 0.248 e. The van der Waals surface area contributed by atoms with E-state index in [0.717, 1.165) is 22.7 Å². The summed E-state index contributed by atoms with van der Waals surface area (Å²) in [4.78, 5) is 20.1. The summed E-state index contributed by atoms with van der Waals surface area (Å²) in [7, 11) is 0. The van der Waals surface area contributed by atoms with E-state index >= 15 is 0 Å². The van der Waals surface area contributed by atoms with Gasteiger partial charge in [0.05, 0.1) is 6.54 Å². The minimum atomic E-state index is -0.456. The summed E-state index contributed by atoms with van der Waals surface area (Å²) in [6.45, 7) is 3.09. The monoisotopic (exact) mass is 348 g/mol.